The van der Waals surface area contributed by atoms with Gasteiger partial charge in [-0.2, -0.15) is 4.98 Å². The predicted molar refractivity (Wildman–Crippen MR) is 145 cm³/mol. The van der Waals surface area contributed by atoms with E-state index in [9.17, 15) is 4.79 Å². The fourth-order valence-electron chi connectivity index (χ4n) is 4.69. The second-order valence-corrected chi connectivity index (χ2v) is 10.4. The van der Waals surface area contributed by atoms with Crippen LogP contribution in [0.1, 0.15) is 24.0 Å². The van der Waals surface area contributed by atoms with Gasteiger partial charge in [0.15, 0.2) is 5.82 Å². The summed E-state index contributed by atoms with van der Waals surface area (Å²) in [6.45, 7) is 1.71. The van der Waals surface area contributed by atoms with Gasteiger partial charge >= 0.3 is 0 Å². The lowest BCUT2D eigenvalue weighted by Gasteiger charge is -2.16. The van der Waals surface area contributed by atoms with Gasteiger partial charge in [0.05, 0.1) is 18.1 Å². The number of anilines is 6. The standard InChI is InChI=1S/C25H24ClN9OS/c26-20-12-28-24-31-19-7-15(10-27-11-19)1-2-17-9-18(30-23(20)33-24)3-4-21(17)32-22(36)8-16-5-6-35(13-16)25-34-29-14-37-25/h3-4,7,9-12,14,16H,1-2,5-6,8,13H2,(H,32,36)(H2,28,30,31,33). The van der Waals surface area contributed by atoms with E-state index in [1.54, 1.807) is 17.9 Å². The SMILES string of the molecule is O=C(CC1CCN(c2nncs2)C1)Nc1ccc2cc1CCc1cncc(c1)Nc1ncc(Cl)c(n1)N2. The molecular weight excluding hydrogens is 510 g/mol. The third kappa shape index (κ3) is 5.47. The first-order valence-electron chi connectivity index (χ1n) is 12.0. The first-order valence-corrected chi connectivity index (χ1v) is 13.3. The van der Waals surface area contributed by atoms with Gasteiger partial charge in [0.25, 0.3) is 0 Å². The minimum atomic E-state index is 0.0142. The summed E-state index contributed by atoms with van der Waals surface area (Å²) in [6.07, 6.45) is 8.04. The summed E-state index contributed by atoms with van der Waals surface area (Å²) in [5.41, 5.74) is 6.25. The molecule has 188 valence electrons. The Labute approximate surface area is 222 Å². The van der Waals surface area contributed by atoms with Crippen molar-refractivity contribution in [3.8, 4) is 0 Å². The van der Waals surface area contributed by atoms with Crippen molar-refractivity contribution in [3.05, 3.63) is 64.5 Å². The Morgan fingerprint density at radius 3 is 3.00 bits per heavy atom. The summed E-state index contributed by atoms with van der Waals surface area (Å²) in [4.78, 5) is 28.4. The van der Waals surface area contributed by atoms with Crippen LogP contribution in [-0.4, -0.2) is 44.1 Å². The summed E-state index contributed by atoms with van der Waals surface area (Å²) in [7, 11) is 0. The highest BCUT2D eigenvalue weighted by Gasteiger charge is 2.26. The number of amides is 1. The Morgan fingerprint density at radius 2 is 2.11 bits per heavy atom. The average Bonchev–Trinajstić information content (AvgIpc) is 3.58. The highest BCUT2D eigenvalue weighted by atomic mass is 35.5. The first kappa shape index (κ1) is 23.6. The number of rotatable bonds is 4. The maximum absolute atomic E-state index is 13.0. The van der Waals surface area contributed by atoms with Crippen LogP contribution in [0.2, 0.25) is 5.02 Å². The van der Waals surface area contributed by atoms with Crippen molar-refractivity contribution in [2.75, 3.05) is 33.9 Å². The average molecular weight is 534 g/mol. The minimum Gasteiger partial charge on any atom is -0.346 e. The van der Waals surface area contributed by atoms with Gasteiger partial charge in [-0.3, -0.25) is 9.78 Å². The van der Waals surface area contributed by atoms with E-state index >= 15 is 0 Å². The van der Waals surface area contributed by atoms with Crippen LogP contribution in [0.3, 0.4) is 0 Å². The smallest absolute Gasteiger partial charge is 0.229 e. The van der Waals surface area contributed by atoms with Crippen molar-refractivity contribution in [1.82, 2.24) is 25.1 Å². The first-order chi connectivity index (χ1) is 18.1. The van der Waals surface area contributed by atoms with Crippen LogP contribution >= 0.6 is 22.9 Å². The van der Waals surface area contributed by atoms with Crippen LogP contribution in [0.4, 0.5) is 34.0 Å². The topological polar surface area (TPSA) is 121 Å². The van der Waals surface area contributed by atoms with Crippen LogP contribution in [0.15, 0.2) is 48.4 Å². The molecule has 1 amide bonds. The minimum absolute atomic E-state index is 0.0142. The van der Waals surface area contributed by atoms with E-state index in [0.717, 1.165) is 65.7 Å². The normalized spacial score (nSPS) is 16.6. The van der Waals surface area contributed by atoms with Gasteiger partial charge in [-0.25, -0.2) is 4.98 Å². The van der Waals surface area contributed by atoms with Gasteiger partial charge in [-0.05, 0) is 60.6 Å². The number of nitrogens with one attached hydrogen (secondary N) is 3. The zero-order valence-corrected chi connectivity index (χ0v) is 21.4. The number of carbonyl (C=O) groups excluding carboxylic acids is 1. The predicted octanol–water partition coefficient (Wildman–Crippen LogP) is 4.82. The molecule has 0 spiro atoms. The number of nitrogens with zero attached hydrogens (tertiary/aromatic N) is 6. The number of fused-ring (bicyclic) bond motifs is 6. The van der Waals surface area contributed by atoms with Crippen LogP contribution in [0.25, 0.3) is 0 Å². The van der Waals surface area contributed by atoms with Crippen LogP contribution < -0.4 is 20.9 Å². The number of pyridine rings is 1. The molecule has 1 atom stereocenters. The molecule has 2 aliphatic heterocycles. The lowest BCUT2D eigenvalue weighted by molar-refractivity contribution is -0.116. The molecule has 0 radical (unpaired) electrons. The van der Waals surface area contributed by atoms with Gasteiger partial charge in [-0.15, -0.1) is 10.2 Å². The lowest BCUT2D eigenvalue weighted by Crippen LogP contribution is -2.22. The third-order valence-electron chi connectivity index (χ3n) is 6.50. The van der Waals surface area contributed by atoms with E-state index < -0.39 is 0 Å². The highest BCUT2D eigenvalue weighted by molar-refractivity contribution is 7.13. The molecular formula is C25H24ClN9OS. The number of hydrogen-bond donors (Lipinski definition) is 3. The van der Waals surface area contributed by atoms with Crippen molar-refractivity contribution in [3.63, 3.8) is 0 Å². The molecule has 3 aromatic heterocycles. The molecule has 6 rings (SSSR count). The molecule has 37 heavy (non-hydrogen) atoms. The molecule has 1 saturated heterocycles. The largest absolute Gasteiger partial charge is 0.346 e. The molecule has 3 N–H and O–H groups in total. The Hall–Kier alpha value is -3.83. The molecule has 12 heteroatoms. The number of aryl methyl sites for hydroxylation is 2. The molecule has 5 heterocycles. The molecule has 4 aromatic rings. The lowest BCUT2D eigenvalue weighted by atomic mass is 10.0. The summed E-state index contributed by atoms with van der Waals surface area (Å²) in [5.74, 6) is 1.21. The Morgan fingerprint density at radius 1 is 1.16 bits per heavy atom. The number of benzene rings is 1. The molecule has 1 aromatic carbocycles. The highest BCUT2D eigenvalue weighted by Crippen LogP contribution is 2.30. The Kier molecular flexibility index (Phi) is 6.54. The van der Waals surface area contributed by atoms with Gasteiger partial charge in [0, 0.05) is 37.1 Å². The van der Waals surface area contributed by atoms with Crippen LogP contribution in [0, 0.1) is 5.92 Å². The van der Waals surface area contributed by atoms with E-state index in [1.807, 2.05) is 30.5 Å². The monoisotopic (exact) mass is 533 g/mol. The maximum Gasteiger partial charge on any atom is 0.229 e. The zero-order chi connectivity index (χ0) is 25.2. The van der Waals surface area contributed by atoms with Gasteiger partial charge in [0.1, 0.15) is 10.5 Å². The van der Waals surface area contributed by atoms with Gasteiger partial charge < -0.3 is 20.9 Å². The second-order valence-electron chi connectivity index (χ2n) is 9.17. The Bertz CT molecular complexity index is 1430. The van der Waals surface area contributed by atoms with E-state index in [0.29, 0.717) is 23.2 Å². The fourth-order valence-corrected chi connectivity index (χ4v) is 5.43. The van der Waals surface area contributed by atoms with Crippen molar-refractivity contribution in [1.29, 1.82) is 0 Å². The van der Waals surface area contributed by atoms with E-state index in [4.69, 9.17) is 11.6 Å². The van der Waals surface area contributed by atoms with Crippen molar-refractivity contribution in [2.45, 2.75) is 25.7 Å². The summed E-state index contributed by atoms with van der Waals surface area (Å²) >= 11 is 7.89. The fraction of sp³-hybridized carbons (Fsp3) is 0.280. The van der Waals surface area contributed by atoms with Crippen LogP contribution in [-0.2, 0) is 17.6 Å². The molecule has 1 unspecified atom stereocenters. The molecule has 1 fully saturated rings. The number of hydrogen-bond acceptors (Lipinski definition) is 10. The molecule has 0 saturated carbocycles. The van der Waals surface area contributed by atoms with Crippen molar-refractivity contribution >= 4 is 62.8 Å². The molecule has 10 nitrogen and oxygen atoms in total. The molecule has 6 bridgehead atoms. The second kappa shape index (κ2) is 10.3. The third-order valence-corrected chi connectivity index (χ3v) is 7.53. The summed E-state index contributed by atoms with van der Waals surface area (Å²) in [6, 6.07) is 7.91. The summed E-state index contributed by atoms with van der Waals surface area (Å²) < 4.78 is 0. The van der Waals surface area contributed by atoms with E-state index in [2.05, 4.69) is 46.0 Å². The van der Waals surface area contributed by atoms with E-state index in [-0.39, 0.29) is 11.8 Å². The molecule has 0 aliphatic carbocycles. The summed E-state index contributed by atoms with van der Waals surface area (Å²) in [5, 5.41) is 19.0. The van der Waals surface area contributed by atoms with Gasteiger partial charge in [0.2, 0.25) is 17.0 Å². The van der Waals surface area contributed by atoms with E-state index in [1.165, 1.54) is 11.3 Å². The molecule has 2 aliphatic rings. The quantitative estimate of drug-likeness (QED) is 0.339. The number of halogens is 1. The van der Waals surface area contributed by atoms with Crippen molar-refractivity contribution in [2.24, 2.45) is 5.92 Å². The zero-order valence-electron chi connectivity index (χ0n) is 19.8. The maximum atomic E-state index is 13.0. The number of aromatic nitrogens is 5. The van der Waals surface area contributed by atoms with Crippen LogP contribution in [0.5, 0.6) is 0 Å². The number of carbonyl (C=O) groups is 1. The Balaban J connectivity index is 1.22. The van der Waals surface area contributed by atoms with Gasteiger partial charge in [-0.1, -0.05) is 22.9 Å². The van der Waals surface area contributed by atoms with Crippen molar-refractivity contribution < 1.29 is 4.79 Å².